The summed E-state index contributed by atoms with van der Waals surface area (Å²) in [5.41, 5.74) is 2.31. The molecule has 1 heterocycles. The number of ketones is 1. The van der Waals surface area contributed by atoms with Crippen molar-refractivity contribution >= 4 is 5.78 Å². The van der Waals surface area contributed by atoms with Gasteiger partial charge in [0.05, 0.1) is 6.33 Å². The van der Waals surface area contributed by atoms with E-state index >= 15 is 0 Å². The molecule has 1 aromatic heterocycles. The Balaban J connectivity index is 1.83. The van der Waals surface area contributed by atoms with Crippen LogP contribution in [0.3, 0.4) is 0 Å². The lowest BCUT2D eigenvalue weighted by atomic mass is 10.1. The third-order valence-electron chi connectivity index (χ3n) is 2.73. The molecule has 0 radical (unpaired) electrons. The summed E-state index contributed by atoms with van der Waals surface area (Å²) in [6.07, 6.45) is 6.42. The van der Waals surface area contributed by atoms with Crippen LogP contribution in [0.15, 0.2) is 43.0 Å². The molecule has 17 heavy (non-hydrogen) atoms. The number of rotatable bonds is 5. The third kappa shape index (κ3) is 3.55. The molecule has 0 fully saturated rings. The van der Waals surface area contributed by atoms with E-state index in [1.165, 1.54) is 5.56 Å². The van der Waals surface area contributed by atoms with Crippen LogP contribution in [0.25, 0.3) is 0 Å². The van der Waals surface area contributed by atoms with Crippen molar-refractivity contribution in [2.24, 2.45) is 0 Å². The Kier molecular flexibility index (Phi) is 3.70. The summed E-state index contributed by atoms with van der Waals surface area (Å²) in [7, 11) is 0. The van der Waals surface area contributed by atoms with Gasteiger partial charge in [-0.3, -0.25) is 4.79 Å². The molecular formula is C14H16N2O. The van der Waals surface area contributed by atoms with Crippen molar-refractivity contribution in [3.05, 3.63) is 54.1 Å². The number of hydrogen-bond acceptors (Lipinski definition) is 2. The number of carbonyl (C=O) groups excluding carboxylic acids is 1. The number of Topliss-reactive ketones (excluding diaryl/α,β-unsaturated/α-hetero) is 1. The maximum atomic E-state index is 11.8. The SMILES string of the molecule is Cc1ccc(CC(=O)CCn2ccnc2)cc1. The van der Waals surface area contributed by atoms with Crippen LogP contribution in [0.5, 0.6) is 0 Å². The first-order chi connectivity index (χ1) is 8.24. The molecule has 0 spiro atoms. The zero-order valence-corrected chi connectivity index (χ0v) is 9.97. The van der Waals surface area contributed by atoms with Crippen LogP contribution in [-0.4, -0.2) is 15.3 Å². The average molecular weight is 228 g/mol. The summed E-state index contributed by atoms with van der Waals surface area (Å²) < 4.78 is 1.92. The minimum absolute atomic E-state index is 0.266. The molecule has 0 N–H and O–H groups in total. The molecule has 0 unspecified atom stereocenters. The molecule has 0 saturated heterocycles. The fourth-order valence-electron chi connectivity index (χ4n) is 1.69. The van der Waals surface area contributed by atoms with Crippen LogP contribution in [-0.2, 0) is 17.8 Å². The fraction of sp³-hybridized carbons (Fsp3) is 0.286. The zero-order chi connectivity index (χ0) is 12.1. The van der Waals surface area contributed by atoms with Crippen molar-refractivity contribution in [1.82, 2.24) is 9.55 Å². The van der Waals surface area contributed by atoms with Crippen LogP contribution in [0.1, 0.15) is 17.5 Å². The Morgan fingerprint density at radius 3 is 2.71 bits per heavy atom. The molecule has 88 valence electrons. The van der Waals surface area contributed by atoms with Gasteiger partial charge in [-0.1, -0.05) is 29.8 Å². The summed E-state index contributed by atoms with van der Waals surface area (Å²) in [5.74, 6) is 0.266. The molecule has 0 bridgehead atoms. The van der Waals surface area contributed by atoms with E-state index in [0.717, 1.165) is 5.56 Å². The highest BCUT2D eigenvalue weighted by Gasteiger charge is 2.03. The van der Waals surface area contributed by atoms with Crippen molar-refractivity contribution in [1.29, 1.82) is 0 Å². The lowest BCUT2D eigenvalue weighted by molar-refractivity contribution is -0.118. The standard InChI is InChI=1S/C14H16N2O/c1-12-2-4-13(5-3-12)10-14(17)6-8-16-9-7-15-11-16/h2-5,7,9,11H,6,8,10H2,1H3. The average Bonchev–Trinajstić information content (AvgIpc) is 2.83. The van der Waals surface area contributed by atoms with Crippen LogP contribution in [0.4, 0.5) is 0 Å². The van der Waals surface area contributed by atoms with Crippen LogP contribution < -0.4 is 0 Å². The Hall–Kier alpha value is -1.90. The van der Waals surface area contributed by atoms with Gasteiger partial charge in [-0.25, -0.2) is 4.98 Å². The number of aryl methyl sites for hydroxylation is 2. The molecule has 0 saturated carbocycles. The van der Waals surface area contributed by atoms with E-state index in [2.05, 4.69) is 4.98 Å². The number of carbonyl (C=O) groups is 1. The summed E-state index contributed by atoms with van der Waals surface area (Å²) in [4.78, 5) is 15.7. The number of nitrogens with zero attached hydrogens (tertiary/aromatic N) is 2. The van der Waals surface area contributed by atoms with Crippen molar-refractivity contribution in [3.63, 3.8) is 0 Å². The summed E-state index contributed by atoms with van der Waals surface area (Å²) in [6, 6.07) is 8.12. The zero-order valence-electron chi connectivity index (χ0n) is 9.97. The number of benzene rings is 1. The van der Waals surface area contributed by atoms with E-state index in [4.69, 9.17) is 0 Å². The second kappa shape index (κ2) is 5.43. The highest BCUT2D eigenvalue weighted by molar-refractivity contribution is 5.80. The molecule has 1 aromatic carbocycles. The van der Waals surface area contributed by atoms with Crippen LogP contribution in [0.2, 0.25) is 0 Å². The predicted molar refractivity (Wildman–Crippen MR) is 66.7 cm³/mol. The molecule has 3 heteroatoms. The molecule has 0 aliphatic heterocycles. The van der Waals surface area contributed by atoms with Gasteiger partial charge >= 0.3 is 0 Å². The van der Waals surface area contributed by atoms with E-state index in [0.29, 0.717) is 19.4 Å². The third-order valence-corrected chi connectivity index (χ3v) is 2.73. The van der Waals surface area contributed by atoms with Gasteiger partial charge in [-0.05, 0) is 12.5 Å². The Bertz CT molecular complexity index is 471. The van der Waals surface area contributed by atoms with Crippen LogP contribution in [0, 0.1) is 6.92 Å². The van der Waals surface area contributed by atoms with Crippen molar-refractivity contribution < 1.29 is 4.79 Å². The number of imidazole rings is 1. The van der Waals surface area contributed by atoms with E-state index in [1.807, 2.05) is 42.0 Å². The quantitative estimate of drug-likeness (QED) is 0.787. The lowest BCUT2D eigenvalue weighted by Crippen LogP contribution is -2.07. The van der Waals surface area contributed by atoms with Gasteiger partial charge in [0.1, 0.15) is 5.78 Å². The Labute approximate surface area is 101 Å². The second-order valence-corrected chi connectivity index (χ2v) is 4.25. The highest BCUT2D eigenvalue weighted by atomic mass is 16.1. The van der Waals surface area contributed by atoms with E-state index < -0.39 is 0 Å². The molecule has 0 aliphatic rings. The van der Waals surface area contributed by atoms with Gasteiger partial charge < -0.3 is 4.57 Å². The van der Waals surface area contributed by atoms with Gasteiger partial charge in [0.25, 0.3) is 0 Å². The topological polar surface area (TPSA) is 34.9 Å². The predicted octanol–water partition coefficient (Wildman–Crippen LogP) is 2.39. The van der Waals surface area contributed by atoms with Crippen molar-refractivity contribution in [3.8, 4) is 0 Å². The van der Waals surface area contributed by atoms with E-state index in [-0.39, 0.29) is 5.78 Å². The van der Waals surface area contributed by atoms with Gasteiger partial charge in [-0.15, -0.1) is 0 Å². The van der Waals surface area contributed by atoms with Crippen LogP contribution >= 0.6 is 0 Å². The molecule has 0 amide bonds. The lowest BCUT2D eigenvalue weighted by Gasteiger charge is -2.03. The first-order valence-electron chi connectivity index (χ1n) is 5.77. The van der Waals surface area contributed by atoms with Crippen molar-refractivity contribution in [2.75, 3.05) is 0 Å². The molecule has 0 atom stereocenters. The molecule has 2 rings (SSSR count). The van der Waals surface area contributed by atoms with Gasteiger partial charge in [0.15, 0.2) is 0 Å². The summed E-state index contributed by atoms with van der Waals surface area (Å²) in [6.45, 7) is 2.76. The normalized spacial score (nSPS) is 10.4. The monoisotopic (exact) mass is 228 g/mol. The molecule has 0 aliphatic carbocycles. The fourth-order valence-corrected chi connectivity index (χ4v) is 1.69. The summed E-state index contributed by atoms with van der Waals surface area (Å²) >= 11 is 0. The number of hydrogen-bond donors (Lipinski definition) is 0. The van der Waals surface area contributed by atoms with Gasteiger partial charge in [0.2, 0.25) is 0 Å². The first kappa shape index (κ1) is 11.6. The molecule has 2 aromatic rings. The summed E-state index contributed by atoms with van der Waals surface area (Å²) in [5, 5.41) is 0. The van der Waals surface area contributed by atoms with Gasteiger partial charge in [0, 0.05) is 31.8 Å². The Morgan fingerprint density at radius 1 is 1.29 bits per heavy atom. The van der Waals surface area contributed by atoms with Gasteiger partial charge in [-0.2, -0.15) is 0 Å². The van der Waals surface area contributed by atoms with Crippen molar-refractivity contribution in [2.45, 2.75) is 26.3 Å². The minimum Gasteiger partial charge on any atom is -0.337 e. The highest BCUT2D eigenvalue weighted by Crippen LogP contribution is 2.05. The maximum Gasteiger partial charge on any atom is 0.139 e. The largest absolute Gasteiger partial charge is 0.337 e. The Morgan fingerprint density at radius 2 is 2.06 bits per heavy atom. The maximum absolute atomic E-state index is 11.8. The van der Waals surface area contributed by atoms with E-state index in [9.17, 15) is 4.79 Å². The number of aromatic nitrogens is 2. The van der Waals surface area contributed by atoms with E-state index in [1.54, 1.807) is 12.5 Å². The molecule has 3 nitrogen and oxygen atoms in total. The minimum atomic E-state index is 0.266. The second-order valence-electron chi connectivity index (χ2n) is 4.25. The smallest absolute Gasteiger partial charge is 0.139 e. The molecular weight excluding hydrogens is 212 g/mol. The first-order valence-corrected chi connectivity index (χ1v) is 5.77.